The Hall–Kier alpha value is -1.06. The van der Waals surface area contributed by atoms with Crippen LogP contribution in [0, 0.1) is 5.92 Å². The van der Waals surface area contributed by atoms with Crippen molar-refractivity contribution < 1.29 is 9.47 Å². The van der Waals surface area contributed by atoms with Crippen LogP contribution in [0.15, 0.2) is 24.3 Å². The summed E-state index contributed by atoms with van der Waals surface area (Å²) in [5.74, 6) is 1.43. The summed E-state index contributed by atoms with van der Waals surface area (Å²) < 4.78 is 10.7. The standard InChI is InChI=1S/C15H25NO2/c1-12(2)16-10-13(11-17-3)9-14-7-5-6-8-15(14)18-4/h5-8,12-13,16H,9-11H2,1-4H3. The first kappa shape index (κ1) is 15.0. The van der Waals surface area contributed by atoms with E-state index in [1.54, 1.807) is 14.2 Å². The average Bonchev–Trinajstić information content (AvgIpc) is 2.37. The molecule has 0 aliphatic heterocycles. The third-order valence-electron chi connectivity index (χ3n) is 2.92. The van der Waals surface area contributed by atoms with Crippen molar-refractivity contribution in [2.75, 3.05) is 27.4 Å². The summed E-state index contributed by atoms with van der Waals surface area (Å²) in [6.07, 6.45) is 0.970. The molecule has 102 valence electrons. The van der Waals surface area contributed by atoms with Gasteiger partial charge in [-0.05, 0) is 24.0 Å². The Bertz CT molecular complexity index is 339. The van der Waals surface area contributed by atoms with Crippen molar-refractivity contribution in [1.82, 2.24) is 5.32 Å². The lowest BCUT2D eigenvalue weighted by atomic mass is 9.99. The Kier molecular flexibility index (Phi) is 6.76. The van der Waals surface area contributed by atoms with E-state index in [4.69, 9.17) is 9.47 Å². The molecular formula is C15H25NO2. The van der Waals surface area contributed by atoms with E-state index in [1.807, 2.05) is 12.1 Å². The quantitative estimate of drug-likeness (QED) is 0.770. The number of hydrogen-bond donors (Lipinski definition) is 1. The number of hydrogen-bond acceptors (Lipinski definition) is 3. The second-order valence-corrected chi connectivity index (χ2v) is 4.90. The van der Waals surface area contributed by atoms with Crippen molar-refractivity contribution in [3.05, 3.63) is 29.8 Å². The van der Waals surface area contributed by atoms with Gasteiger partial charge in [0.15, 0.2) is 0 Å². The summed E-state index contributed by atoms with van der Waals surface area (Å²) in [6, 6.07) is 8.69. The first-order valence-corrected chi connectivity index (χ1v) is 6.51. The van der Waals surface area contributed by atoms with Gasteiger partial charge in [-0.2, -0.15) is 0 Å². The van der Waals surface area contributed by atoms with Gasteiger partial charge in [0, 0.05) is 19.7 Å². The minimum absolute atomic E-state index is 0.466. The lowest BCUT2D eigenvalue weighted by molar-refractivity contribution is 0.149. The van der Waals surface area contributed by atoms with Crippen LogP contribution in [-0.4, -0.2) is 33.4 Å². The summed E-state index contributed by atoms with van der Waals surface area (Å²) in [5, 5.41) is 3.47. The smallest absolute Gasteiger partial charge is 0.122 e. The highest BCUT2D eigenvalue weighted by molar-refractivity contribution is 5.33. The SMILES string of the molecule is COCC(CNC(C)C)Cc1ccccc1OC. The zero-order valence-corrected chi connectivity index (χ0v) is 11.9. The molecule has 0 saturated heterocycles. The van der Waals surface area contributed by atoms with E-state index < -0.39 is 0 Å². The van der Waals surface area contributed by atoms with Gasteiger partial charge in [0.2, 0.25) is 0 Å². The van der Waals surface area contributed by atoms with Crippen LogP contribution in [0.3, 0.4) is 0 Å². The molecule has 0 bridgehead atoms. The summed E-state index contributed by atoms with van der Waals surface area (Å²) >= 11 is 0. The van der Waals surface area contributed by atoms with E-state index >= 15 is 0 Å². The first-order valence-electron chi connectivity index (χ1n) is 6.51. The van der Waals surface area contributed by atoms with Gasteiger partial charge < -0.3 is 14.8 Å². The number of rotatable bonds is 8. The van der Waals surface area contributed by atoms with Crippen LogP contribution in [0.5, 0.6) is 5.75 Å². The van der Waals surface area contributed by atoms with Gasteiger partial charge in [0.25, 0.3) is 0 Å². The maximum absolute atomic E-state index is 5.39. The molecule has 0 saturated carbocycles. The molecule has 0 radical (unpaired) electrons. The lowest BCUT2D eigenvalue weighted by Gasteiger charge is -2.19. The molecule has 0 aromatic heterocycles. The molecule has 1 unspecified atom stereocenters. The number of para-hydroxylation sites is 1. The normalized spacial score (nSPS) is 12.7. The second kappa shape index (κ2) is 8.11. The van der Waals surface area contributed by atoms with Crippen molar-refractivity contribution in [3.8, 4) is 5.75 Å². The monoisotopic (exact) mass is 251 g/mol. The van der Waals surface area contributed by atoms with Gasteiger partial charge in [0.05, 0.1) is 13.7 Å². The molecular weight excluding hydrogens is 226 g/mol. The topological polar surface area (TPSA) is 30.5 Å². The fourth-order valence-electron chi connectivity index (χ4n) is 2.01. The molecule has 1 aromatic carbocycles. The van der Waals surface area contributed by atoms with Crippen molar-refractivity contribution in [3.63, 3.8) is 0 Å². The summed E-state index contributed by atoms with van der Waals surface area (Å²) in [7, 11) is 3.47. The third-order valence-corrected chi connectivity index (χ3v) is 2.92. The zero-order chi connectivity index (χ0) is 13.4. The maximum Gasteiger partial charge on any atom is 0.122 e. The minimum Gasteiger partial charge on any atom is -0.496 e. The number of benzene rings is 1. The highest BCUT2D eigenvalue weighted by Gasteiger charge is 2.12. The summed E-state index contributed by atoms with van der Waals surface area (Å²) in [4.78, 5) is 0. The molecule has 1 aromatic rings. The van der Waals surface area contributed by atoms with E-state index in [2.05, 4.69) is 31.3 Å². The van der Waals surface area contributed by atoms with E-state index in [1.165, 1.54) is 5.56 Å². The van der Waals surface area contributed by atoms with Crippen LogP contribution in [-0.2, 0) is 11.2 Å². The number of ether oxygens (including phenoxy) is 2. The molecule has 0 fully saturated rings. The third kappa shape index (κ3) is 5.07. The fraction of sp³-hybridized carbons (Fsp3) is 0.600. The summed E-state index contributed by atoms with van der Waals surface area (Å²) in [6.45, 7) is 6.04. The van der Waals surface area contributed by atoms with Gasteiger partial charge in [-0.1, -0.05) is 32.0 Å². The van der Waals surface area contributed by atoms with Crippen LogP contribution in [0.1, 0.15) is 19.4 Å². The van der Waals surface area contributed by atoms with Crippen LogP contribution in [0.2, 0.25) is 0 Å². The Morgan fingerprint density at radius 2 is 1.89 bits per heavy atom. The largest absolute Gasteiger partial charge is 0.496 e. The highest BCUT2D eigenvalue weighted by Crippen LogP contribution is 2.21. The molecule has 18 heavy (non-hydrogen) atoms. The molecule has 0 aliphatic rings. The van der Waals surface area contributed by atoms with Crippen molar-refractivity contribution in [2.45, 2.75) is 26.3 Å². The molecule has 0 spiro atoms. The zero-order valence-electron chi connectivity index (χ0n) is 11.9. The lowest BCUT2D eigenvalue weighted by Crippen LogP contribution is -2.32. The maximum atomic E-state index is 5.39. The molecule has 0 heterocycles. The Balaban J connectivity index is 2.63. The Labute approximate surface area is 110 Å². The fourth-order valence-corrected chi connectivity index (χ4v) is 2.01. The van der Waals surface area contributed by atoms with E-state index in [9.17, 15) is 0 Å². The van der Waals surface area contributed by atoms with Crippen LogP contribution in [0.4, 0.5) is 0 Å². The molecule has 0 amide bonds. The highest BCUT2D eigenvalue weighted by atomic mass is 16.5. The van der Waals surface area contributed by atoms with E-state index in [0.717, 1.165) is 25.3 Å². The number of methoxy groups -OCH3 is 2. The number of nitrogens with one attached hydrogen (secondary N) is 1. The van der Waals surface area contributed by atoms with Crippen LogP contribution in [0.25, 0.3) is 0 Å². The van der Waals surface area contributed by atoms with Gasteiger partial charge in [0.1, 0.15) is 5.75 Å². The van der Waals surface area contributed by atoms with Crippen molar-refractivity contribution in [2.24, 2.45) is 5.92 Å². The van der Waals surface area contributed by atoms with Gasteiger partial charge in [-0.3, -0.25) is 0 Å². The summed E-state index contributed by atoms with van der Waals surface area (Å²) in [5.41, 5.74) is 1.24. The van der Waals surface area contributed by atoms with Gasteiger partial charge in [-0.15, -0.1) is 0 Å². The average molecular weight is 251 g/mol. The van der Waals surface area contributed by atoms with Crippen molar-refractivity contribution in [1.29, 1.82) is 0 Å². The molecule has 3 nitrogen and oxygen atoms in total. The second-order valence-electron chi connectivity index (χ2n) is 4.90. The minimum atomic E-state index is 0.466. The van der Waals surface area contributed by atoms with Crippen LogP contribution >= 0.6 is 0 Å². The van der Waals surface area contributed by atoms with E-state index in [-0.39, 0.29) is 0 Å². The molecule has 3 heteroatoms. The van der Waals surface area contributed by atoms with Gasteiger partial charge >= 0.3 is 0 Å². The Morgan fingerprint density at radius 3 is 2.50 bits per heavy atom. The Morgan fingerprint density at radius 1 is 1.17 bits per heavy atom. The molecule has 1 atom stereocenters. The van der Waals surface area contributed by atoms with E-state index in [0.29, 0.717) is 12.0 Å². The van der Waals surface area contributed by atoms with Crippen LogP contribution < -0.4 is 10.1 Å². The van der Waals surface area contributed by atoms with Gasteiger partial charge in [-0.25, -0.2) is 0 Å². The predicted octanol–water partition coefficient (Wildman–Crippen LogP) is 2.50. The first-order chi connectivity index (χ1) is 8.67. The molecule has 1 rings (SSSR count). The predicted molar refractivity (Wildman–Crippen MR) is 75.2 cm³/mol. The molecule has 0 aliphatic carbocycles. The molecule has 1 N–H and O–H groups in total. The van der Waals surface area contributed by atoms with Crippen molar-refractivity contribution >= 4 is 0 Å².